The van der Waals surface area contributed by atoms with Gasteiger partial charge in [-0.1, -0.05) is 13.8 Å². The number of nitrogens with zero attached hydrogens (tertiary/aromatic N) is 3. The Morgan fingerprint density at radius 2 is 2.00 bits per heavy atom. The summed E-state index contributed by atoms with van der Waals surface area (Å²) in [6, 6.07) is 1.90. The Morgan fingerprint density at radius 3 is 2.55 bits per heavy atom. The maximum absolute atomic E-state index is 11.9. The van der Waals surface area contributed by atoms with Crippen LogP contribution < -0.4 is 0 Å². The van der Waals surface area contributed by atoms with Crippen LogP contribution in [0.5, 0.6) is 0 Å². The van der Waals surface area contributed by atoms with Gasteiger partial charge in [0.2, 0.25) is 0 Å². The quantitative estimate of drug-likeness (QED) is 0.805. The van der Waals surface area contributed by atoms with Gasteiger partial charge in [-0.25, -0.2) is 4.79 Å². The normalized spacial score (nSPS) is 10.8. The third-order valence-electron chi connectivity index (χ3n) is 3.74. The fourth-order valence-electron chi connectivity index (χ4n) is 2.67. The number of hydrogen-bond acceptors (Lipinski definition) is 3. The Hall–Kier alpha value is -2.04. The lowest BCUT2D eigenvalue weighted by Crippen LogP contribution is -2.09. The van der Waals surface area contributed by atoms with Crippen molar-refractivity contribution in [3.8, 4) is 11.3 Å². The molecule has 0 aromatic carbocycles. The fraction of sp³-hybridized carbons (Fsp3) is 0.467. The molecular weight excluding hydrogens is 254 g/mol. The van der Waals surface area contributed by atoms with Gasteiger partial charge in [-0.3, -0.25) is 4.68 Å². The molecule has 0 aliphatic rings. The zero-order chi connectivity index (χ0) is 14.9. The lowest BCUT2D eigenvalue weighted by Gasteiger charge is -2.08. The summed E-state index contributed by atoms with van der Waals surface area (Å²) in [4.78, 5) is 11.9. The van der Waals surface area contributed by atoms with Gasteiger partial charge in [-0.2, -0.15) is 5.10 Å². The number of carbonyl (C=O) groups is 1. The second-order valence-electron chi connectivity index (χ2n) is 4.79. The van der Waals surface area contributed by atoms with Crippen LogP contribution in [0.15, 0.2) is 12.3 Å². The summed E-state index contributed by atoms with van der Waals surface area (Å²) in [6.45, 7) is 4.19. The molecule has 0 spiro atoms. The van der Waals surface area contributed by atoms with Crippen molar-refractivity contribution in [2.45, 2.75) is 26.7 Å². The standard InChI is InChI=1S/C15H21N3O2/c1-6-10-9-16-18(4)14(10)11-8-13(15(19)20-5)17(3)12(11)7-2/h8-9H,6-7H2,1-5H3. The number of rotatable bonds is 4. The van der Waals surface area contributed by atoms with Gasteiger partial charge in [0, 0.05) is 25.4 Å². The van der Waals surface area contributed by atoms with Gasteiger partial charge in [0.05, 0.1) is 19.0 Å². The summed E-state index contributed by atoms with van der Waals surface area (Å²) in [5, 5.41) is 4.33. The third kappa shape index (κ3) is 2.13. The van der Waals surface area contributed by atoms with Crippen LogP contribution in [0.25, 0.3) is 11.3 Å². The van der Waals surface area contributed by atoms with Gasteiger partial charge < -0.3 is 9.30 Å². The zero-order valence-electron chi connectivity index (χ0n) is 12.7. The average Bonchev–Trinajstić information content (AvgIpc) is 2.97. The van der Waals surface area contributed by atoms with Crippen molar-refractivity contribution < 1.29 is 9.53 Å². The Bertz CT molecular complexity index is 638. The number of ether oxygens (including phenoxy) is 1. The van der Waals surface area contributed by atoms with Crippen LogP contribution in [-0.2, 0) is 31.7 Å². The van der Waals surface area contributed by atoms with Crippen LogP contribution in [0.1, 0.15) is 35.6 Å². The van der Waals surface area contributed by atoms with E-state index >= 15 is 0 Å². The molecule has 5 heteroatoms. The molecule has 0 fully saturated rings. The second kappa shape index (κ2) is 5.53. The van der Waals surface area contributed by atoms with E-state index in [0.717, 1.165) is 29.8 Å². The molecule has 0 unspecified atom stereocenters. The highest BCUT2D eigenvalue weighted by Gasteiger charge is 2.21. The molecule has 0 aliphatic heterocycles. The molecule has 2 aromatic heterocycles. The molecule has 0 saturated carbocycles. The predicted molar refractivity (Wildman–Crippen MR) is 77.7 cm³/mol. The van der Waals surface area contributed by atoms with E-state index in [1.807, 2.05) is 35.6 Å². The number of carbonyl (C=O) groups excluding carboxylic acids is 1. The van der Waals surface area contributed by atoms with Crippen LogP contribution >= 0.6 is 0 Å². The van der Waals surface area contributed by atoms with Crippen LogP contribution in [0, 0.1) is 0 Å². The fourth-order valence-corrected chi connectivity index (χ4v) is 2.67. The molecule has 0 saturated heterocycles. The zero-order valence-corrected chi connectivity index (χ0v) is 12.7. The first-order chi connectivity index (χ1) is 9.54. The van der Waals surface area contributed by atoms with Gasteiger partial charge in [-0.15, -0.1) is 0 Å². The number of methoxy groups -OCH3 is 1. The third-order valence-corrected chi connectivity index (χ3v) is 3.74. The van der Waals surface area contributed by atoms with E-state index in [1.54, 1.807) is 0 Å². The van der Waals surface area contributed by atoms with Gasteiger partial charge >= 0.3 is 5.97 Å². The molecular formula is C15H21N3O2. The average molecular weight is 275 g/mol. The Labute approximate surface area is 119 Å². The Kier molecular flexibility index (Phi) is 3.97. The maximum atomic E-state index is 11.9. The van der Waals surface area contributed by atoms with Gasteiger partial charge in [0.25, 0.3) is 0 Å². The van der Waals surface area contributed by atoms with Crippen molar-refractivity contribution in [2.24, 2.45) is 14.1 Å². The largest absolute Gasteiger partial charge is 0.464 e. The number of aryl methyl sites for hydroxylation is 2. The monoisotopic (exact) mass is 275 g/mol. The van der Waals surface area contributed by atoms with Crippen molar-refractivity contribution in [3.05, 3.63) is 29.2 Å². The van der Waals surface area contributed by atoms with Crippen molar-refractivity contribution in [1.82, 2.24) is 14.3 Å². The summed E-state index contributed by atoms with van der Waals surface area (Å²) in [5.41, 5.74) is 5.01. The molecule has 20 heavy (non-hydrogen) atoms. The highest BCUT2D eigenvalue weighted by atomic mass is 16.5. The van der Waals surface area contributed by atoms with Crippen molar-refractivity contribution >= 4 is 5.97 Å². The first kappa shape index (κ1) is 14.4. The summed E-state index contributed by atoms with van der Waals surface area (Å²) >= 11 is 0. The van der Waals surface area contributed by atoms with E-state index in [-0.39, 0.29) is 5.97 Å². The van der Waals surface area contributed by atoms with E-state index in [4.69, 9.17) is 4.74 Å². The van der Waals surface area contributed by atoms with Crippen LogP contribution in [0.4, 0.5) is 0 Å². The number of hydrogen-bond donors (Lipinski definition) is 0. The number of aromatic nitrogens is 3. The van der Waals surface area contributed by atoms with E-state index in [2.05, 4.69) is 18.9 Å². The molecule has 2 aromatic rings. The first-order valence-electron chi connectivity index (χ1n) is 6.83. The maximum Gasteiger partial charge on any atom is 0.354 e. The van der Waals surface area contributed by atoms with E-state index in [9.17, 15) is 4.79 Å². The topological polar surface area (TPSA) is 49.1 Å². The molecule has 0 atom stereocenters. The van der Waals surface area contributed by atoms with E-state index in [1.165, 1.54) is 12.7 Å². The van der Waals surface area contributed by atoms with E-state index < -0.39 is 0 Å². The lowest BCUT2D eigenvalue weighted by molar-refractivity contribution is 0.0589. The first-order valence-corrected chi connectivity index (χ1v) is 6.83. The van der Waals surface area contributed by atoms with Crippen molar-refractivity contribution in [3.63, 3.8) is 0 Å². The van der Waals surface area contributed by atoms with Gasteiger partial charge in [0.15, 0.2) is 0 Å². The molecule has 2 rings (SSSR count). The van der Waals surface area contributed by atoms with Crippen molar-refractivity contribution in [2.75, 3.05) is 7.11 Å². The molecule has 2 heterocycles. The lowest BCUT2D eigenvalue weighted by atomic mass is 10.1. The summed E-state index contributed by atoms with van der Waals surface area (Å²) in [7, 11) is 5.23. The summed E-state index contributed by atoms with van der Waals surface area (Å²) in [5.74, 6) is -0.311. The second-order valence-corrected chi connectivity index (χ2v) is 4.79. The molecule has 0 aliphatic carbocycles. The molecule has 108 valence electrons. The highest BCUT2D eigenvalue weighted by molar-refractivity contribution is 5.90. The van der Waals surface area contributed by atoms with Crippen LogP contribution in [0.2, 0.25) is 0 Å². The molecule has 0 radical (unpaired) electrons. The minimum atomic E-state index is -0.311. The van der Waals surface area contributed by atoms with Gasteiger partial charge in [0.1, 0.15) is 5.69 Å². The van der Waals surface area contributed by atoms with Crippen LogP contribution in [-0.4, -0.2) is 27.4 Å². The molecule has 0 amide bonds. The van der Waals surface area contributed by atoms with Gasteiger partial charge in [-0.05, 0) is 24.5 Å². The smallest absolute Gasteiger partial charge is 0.354 e. The minimum Gasteiger partial charge on any atom is -0.464 e. The van der Waals surface area contributed by atoms with Crippen molar-refractivity contribution in [1.29, 1.82) is 0 Å². The molecule has 0 N–H and O–H groups in total. The SMILES string of the molecule is CCc1cnn(C)c1-c1cc(C(=O)OC)n(C)c1CC. The molecule has 5 nitrogen and oxygen atoms in total. The Balaban J connectivity index is 2.68. The summed E-state index contributed by atoms with van der Waals surface area (Å²) < 4.78 is 8.63. The number of esters is 1. The molecule has 0 bridgehead atoms. The summed E-state index contributed by atoms with van der Waals surface area (Å²) in [6.07, 6.45) is 3.64. The van der Waals surface area contributed by atoms with E-state index in [0.29, 0.717) is 5.69 Å². The minimum absolute atomic E-state index is 0.311. The Morgan fingerprint density at radius 1 is 1.30 bits per heavy atom. The van der Waals surface area contributed by atoms with Crippen LogP contribution in [0.3, 0.4) is 0 Å². The predicted octanol–water partition coefficient (Wildman–Crippen LogP) is 2.34. The highest BCUT2D eigenvalue weighted by Crippen LogP contribution is 2.30.